The molecule has 2 heterocycles. The molecule has 0 bridgehead atoms. The van der Waals surface area contributed by atoms with Crippen LogP contribution < -0.4 is 5.32 Å². The van der Waals surface area contributed by atoms with Gasteiger partial charge in [0.2, 0.25) is 5.91 Å². The summed E-state index contributed by atoms with van der Waals surface area (Å²) >= 11 is 0. The number of nitrogens with one attached hydrogen (secondary N) is 1. The summed E-state index contributed by atoms with van der Waals surface area (Å²) in [5.74, 6) is -0.251. The highest BCUT2D eigenvalue weighted by atomic mass is 16.7. The van der Waals surface area contributed by atoms with Crippen molar-refractivity contribution in [3.63, 3.8) is 0 Å². The van der Waals surface area contributed by atoms with E-state index in [1.165, 1.54) is 180 Å². The summed E-state index contributed by atoms with van der Waals surface area (Å²) in [6.07, 6.45) is 43.8. The zero-order chi connectivity index (χ0) is 56.0. The van der Waals surface area contributed by atoms with Gasteiger partial charge in [-0.05, 0) is 38.5 Å². The molecule has 2 aliphatic rings. The van der Waals surface area contributed by atoms with Crippen molar-refractivity contribution in [3.8, 4) is 0 Å². The summed E-state index contributed by atoms with van der Waals surface area (Å²) in [6, 6.07) is -0.934. The molecule has 0 radical (unpaired) electrons. The van der Waals surface area contributed by atoms with Crippen LogP contribution >= 0.6 is 0 Å². The Morgan fingerprint density at radius 2 is 0.831 bits per heavy atom. The van der Waals surface area contributed by atoms with Crippen LogP contribution in [-0.4, -0.2) is 140 Å². The van der Waals surface area contributed by atoms with Gasteiger partial charge in [-0.2, -0.15) is 0 Å². The summed E-state index contributed by atoms with van der Waals surface area (Å²) < 4.78 is 22.7. The molecule has 1 amide bonds. The molecule has 0 saturated carbocycles. The lowest BCUT2D eigenvalue weighted by Crippen LogP contribution is -2.65. The highest BCUT2D eigenvalue weighted by Crippen LogP contribution is 2.30. The van der Waals surface area contributed by atoms with Gasteiger partial charge in [-0.3, -0.25) is 4.79 Å². The minimum atomic E-state index is -1.79. The third kappa shape index (κ3) is 34.3. The van der Waals surface area contributed by atoms with Gasteiger partial charge in [-0.1, -0.05) is 256 Å². The molecular formula is C63H117NO13. The lowest BCUT2D eigenvalue weighted by Gasteiger charge is -2.46. The molecule has 12 atom stereocenters. The monoisotopic (exact) mass is 1100 g/mol. The number of ether oxygens (including phenoxy) is 4. The van der Waals surface area contributed by atoms with E-state index in [1.54, 1.807) is 6.08 Å². The normalized spacial score (nSPS) is 24.9. The second kappa shape index (κ2) is 48.9. The first-order valence-corrected chi connectivity index (χ1v) is 31.7. The first-order chi connectivity index (χ1) is 37.6. The second-order valence-corrected chi connectivity index (χ2v) is 22.5. The lowest BCUT2D eigenvalue weighted by atomic mass is 9.97. The van der Waals surface area contributed by atoms with Crippen molar-refractivity contribution < 1.29 is 64.6 Å². The average Bonchev–Trinajstić information content (AvgIpc) is 3.44. The van der Waals surface area contributed by atoms with Gasteiger partial charge in [-0.15, -0.1) is 0 Å². The summed E-state index contributed by atoms with van der Waals surface area (Å²) in [5, 5.41) is 86.9. The van der Waals surface area contributed by atoms with Gasteiger partial charge in [0.05, 0.1) is 32.0 Å². The zero-order valence-electron chi connectivity index (χ0n) is 48.7. The van der Waals surface area contributed by atoms with E-state index in [0.717, 1.165) is 51.4 Å². The molecule has 2 rings (SSSR count). The number of aliphatic hydroxyl groups is 8. The molecule has 14 heteroatoms. The van der Waals surface area contributed by atoms with Crippen LogP contribution in [0.5, 0.6) is 0 Å². The predicted molar refractivity (Wildman–Crippen MR) is 309 cm³/mol. The van der Waals surface area contributed by atoms with Gasteiger partial charge in [0.25, 0.3) is 0 Å². The Morgan fingerprint density at radius 1 is 0.455 bits per heavy atom. The molecule has 0 spiro atoms. The quantitative estimate of drug-likeness (QED) is 0.0204. The highest BCUT2D eigenvalue weighted by molar-refractivity contribution is 5.76. The Morgan fingerprint density at radius 3 is 1.25 bits per heavy atom. The Balaban J connectivity index is 1.61. The molecule has 9 N–H and O–H groups in total. The number of carbonyl (C=O) groups is 1. The molecule has 0 aliphatic carbocycles. The average molecular weight is 1100 g/mol. The van der Waals surface area contributed by atoms with Crippen molar-refractivity contribution in [1.29, 1.82) is 0 Å². The van der Waals surface area contributed by atoms with Gasteiger partial charge >= 0.3 is 0 Å². The van der Waals surface area contributed by atoms with Crippen LogP contribution in [0.4, 0.5) is 0 Å². The maximum absolute atomic E-state index is 13.2. The molecule has 2 aliphatic heterocycles. The molecule has 77 heavy (non-hydrogen) atoms. The van der Waals surface area contributed by atoms with Crippen molar-refractivity contribution in [2.45, 2.75) is 338 Å². The third-order valence-corrected chi connectivity index (χ3v) is 15.5. The maximum atomic E-state index is 13.2. The van der Waals surface area contributed by atoms with Gasteiger partial charge in [0, 0.05) is 6.42 Å². The van der Waals surface area contributed by atoms with E-state index >= 15 is 0 Å². The fraction of sp³-hybridized carbons (Fsp3) is 0.889. The van der Waals surface area contributed by atoms with Crippen molar-refractivity contribution in [2.24, 2.45) is 0 Å². The predicted octanol–water partition coefficient (Wildman–Crippen LogP) is 11.4. The van der Waals surface area contributed by atoms with Crippen LogP contribution in [0.1, 0.15) is 264 Å². The van der Waals surface area contributed by atoms with Gasteiger partial charge in [0.1, 0.15) is 48.8 Å². The Labute approximate surface area is 468 Å². The van der Waals surface area contributed by atoms with Gasteiger partial charge in [-0.25, -0.2) is 0 Å². The Kier molecular flexibility index (Phi) is 45.3. The molecule has 0 aromatic heterocycles. The van der Waals surface area contributed by atoms with E-state index in [1.807, 2.05) is 6.08 Å². The third-order valence-electron chi connectivity index (χ3n) is 15.5. The standard InChI is InChI=1S/C63H117NO13/c1-3-5-7-9-11-13-15-16-17-18-19-20-21-22-23-24-25-26-27-28-29-30-31-32-33-34-35-37-39-41-43-45-47-55(68)64-51(52(67)46-44-42-40-38-36-14-12-10-8-6-4-2)50-74-62-60(73)58(71)61(54(49-66)76-62)77-63-59(72)57(70)56(69)53(48-65)75-63/h8,10,36,38,44,46,51-54,56-63,65-67,69-73H,3-7,9,11-35,37,39-43,45,47-50H2,1-2H3,(H,64,68)/b10-8+,38-36+,46-44+. The molecule has 0 aromatic rings. The van der Waals surface area contributed by atoms with E-state index < -0.39 is 86.8 Å². The van der Waals surface area contributed by atoms with E-state index in [-0.39, 0.29) is 18.9 Å². The number of rotatable bonds is 51. The minimum Gasteiger partial charge on any atom is -0.394 e. The topological polar surface area (TPSA) is 228 Å². The van der Waals surface area contributed by atoms with Crippen LogP contribution in [0.3, 0.4) is 0 Å². The lowest BCUT2D eigenvalue weighted by molar-refractivity contribution is -0.359. The Bertz CT molecular complexity index is 1430. The molecule has 2 fully saturated rings. The zero-order valence-corrected chi connectivity index (χ0v) is 48.7. The largest absolute Gasteiger partial charge is 0.394 e. The number of carbonyl (C=O) groups excluding carboxylic acids is 1. The van der Waals surface area contributed by atoms with Gasteiger partial charge in [0.15, 0.2) is 12.6 Å². The van der Waals surface area contributed by atoms with Crippen molar-refractivity contribution >= 4 is 5.91 Å². The summed E-state index contributed by atoms with van der Waals surface area (Å²) in [6.45, 7) is 2.71. The van der Waals surface area contributed by atoms with Crippen LogP contribution in [0, 0.1) is 0 Å². The van der Waals surface area contributed by atoms with E-state index in [0.29, 0.717) is 12.8 Å². The van der Waals surface area contributed by atoms with Crippen molar-refractivity contribution in [2.75, 3.05) is 19.8 Å². The second-order valence-electron chi connectivity index (χ2n) is 22.5. The molecule has 14 nitrogen and oxygen atoms in total. The minimum absolute atomic E-state index is 0.251. The van der Waals surface area contributed by atoms with Crippen LogP contribution in [0.25, 0.3) is 0 Å². The number of hydrogen-bond acceptors (Lipinski definition) is 13. The highest BCUT2D eigenvalue weighted by Gasteiger charge is 2.51. The summed E-state index contributed by atoms with van der Waals surface area (Å²) in [5.41, 5.74) is 0. The molecule has 2 saturated heterocycles. The SMILES string of the molecule is CCC/C=C/CC/C=C/CC/C=C/C(O)C(COC1OC(CO)C(OC2OC(CO)C(O)C(O)C2O)C(O)C1O)NC(=O)CCCCCCCCCCCCCCCCCCCCCCCCCCCCCCCCCC. The summed E-state index contributed by atoms with van der Waals surface area (Å²) in [7, 11) is 0. The van der Waals surface area contributed by atoms with Crippen LogP contribution in [-0.2, 0) is 23.7 Å². The van der Waals surface area contributed by atoms with E-state index in [9.17, 15) is 45.6 Å². The fourth-order valence-electron chi connectivity index (χ4n) is 10.5. The molecule has 0 aromatic carbocycles. The van der Waals surface area contributed by atoms with Crippen molar-refractivity contribution in [1.82, 2.24) is 5.32 Å². The maximum Gasteiger partial charge on any atom is 0.220 e. The number of hydrogen-bond donors (Lipinski definition) is 9. The fourth-order valence-corrected chi connectivity index (χ4v) is 10.5. The molecule has 12 unspecified atom stereocenters. The first kappa shape index (κ1) is 71.3. The smallest absolute Gasteiger partial charge is 0.220 e. The van der Waals surface area contributed by atoms with Crippen LogP contribution in [0.15, 0.2) is 36.5 Å². The van der Waals surface area contributed by atoms with Gasteiger partial charge < -0.3 is 65.1 Å². The van der Waals surface area contributed by atoms with Crippen LogP contribution in [0.2, 0.25) is 0 Å². The van der Waals surface area contributed by atoms with E-state index in [4.69, 9.17) is 18.9 Å². The molecular weight excluding hydrogens is 979 g/mol. The molecule has 452 valence electrons. The number of amides is 1. The Hall–Kier alpha value is -1.79. The first-order valence-electron chi connectivity index (χ1n) is 31.7. The summed E-state index contributed by atoms with van der Waals surface area (Å²) in [4.78, 5) is 13.2. The van der Waals surface area contributed by atoms with E-state index in [2.05, 4.69) is 43.5 Å². The number of allylic oxidation sites excluding steroid dienone is 5. The number of aliphatic hydroxyl groups excluding tert-OH is 8. The van der Waals surface area contributed by atoms with Crippen molar-refractivity contribution in [3.05, 3.63) is 36.5 Å². The number of unbranched alkanes of at least 4 members (excludes halogenated alkanes) is 34.